The van der Waals surface area contributed by atoms with E-state index >= 15 is 0 Å². The summed E-state index contributed by atoms with van der Waals surface area (Å²) in [5.41, 5.74) is 1.41. The van der Waals surface area contributed by atoms with Gasteiger partial charge in [0.1, 0.15) is 0 Å². The van der Waals surface area contributed by atoms with Gasteiger partial charge in [-0.2, -0.15) is 0 Å². The Morgan fingerprint density at radius 1 is 1.24 bits per heavy atom. The molecule has 0 saturated carbocycles. The van der Waals surface area contributed by atoms with Crippen LogP contribution in [0.3, 0.4) is 0 Å². The van der Waals surface area contributed by atoms with E-state index in [0.717, 1.165) is 18.4 Å². The van der Waals surface area contributed by atoms with Gasteiger partial charge in [0.05, 0.1) is 18.2 Å². The summed E-state index contributed by atoms with van der Waals surface area (Å²) in [6.07, 6.45) is 1.93. The third-order valence-corrected chi connectivity index (χ3v) is 5.25. The van der Waals surface area contributed by atoms with Crippen LogP contribution >= 0.6 is 11.3 Å². The molecule has 1 amide bonds. The van der Waals surface area contributed by atoms with Crippen LogP contribution in [0.4, 0.5) is 0 Å². The second kappa shape index (κ2) is 8.27. The summed E-state index contributed by atoms with van der Waals surface area (Å²) in [6.45, 7) is 0.984. The van der Waals surface area contributed by atoms with Crippen molar-refractivity contribution in [2.24, 2.45) is 0 Å². The van der Waals surface area contributed by atoms with Gasteiger partial charge < -0.3 is 14.4 Å². The van der Waals surface area contributed by atoms with Crippen molar-refractivity contribution in [3.63, 3.8) is 0 Å². The molecule has 5 nitrogen and oxygen atoms in total. The Morgan fingerprint density at radius 3 is 2.72 bits per heavy atom. The van der Waals surface area contributed by atoms with E-state index in [4.69, 9.17) is 9.47 Å². The quantitative estimate of drug-likeness (QED) is 0.742. The summed E-state index contributed by atoms with van der Waals surface area (Å²) < 4.78 is 10.2. The third kappa shape index (κ3) is 4.27. The van der Waals surface area contributed by atoms with E-state index in [0.29, 0.717) is 18.7 Å². The molecule has 1 aliphatic heterocycles. The molecule has 1 aromatic heterocycles. The van der Waals surface area contributed by atoms with Crippen LogP contribution in [-0.2, 0) is 20.9 Å². The highest BCUT2D eigenvalue weighted by Crippen LogP contribution is 2.34. The minimum Gasteiger partial charge on any atom is -0.452 e. The Hall–Kier alpha value is -2.18. The van der Waals surface area contributed by atoms with Crippen molar-refractivity contribution >= 4 is 23.2 Å². The predicted octanol–water partition coefficient (Wildman–Crippen LogP) is 3.42. The van der Waals surface area contributed by atoms with Gasteiger partial charge in [-0.15, -0.1) is 11.3 Å². The van der Waals surface area contributed by atoms with E-state index < -0.39 is 5.97 Å². The monoisotopic (exact) mass is 359 g/mol. The van der Waals surface area contributed by atoms with Gasteiger partial charge in [-0.05, 0) is 42.0 Å². The highest BCUT2D eigenvalue weighted by atomic mass is 32.1. The first kappa shape index (κ1) is 17.6. The second-order valence-corrected chi connectivity index (χ2v) is 6.95. The fourth-order valence-electron chi connectivity index (χ4n) is 3.04. The lowest BCUT2D eigenvalue weighted by Gasteiger charge is -2.23. The number of methoxy groups -OCH3 is 1. The summed E-state index contributed by atoms with van der Waals surface area (Å²) in [7, 11) is 1.62. The molecule has 2 heterocycles. The molecule has 0 aliphatic carbocycles. The minimum atomic E-state index is -0.482. The van der Waals surface area contributed by atoms with E-state index in [1.807, 2.05) is 28.5 Å². The van der Waals surface area contributed by atoms with E-state index in [-0.39, 0.29) is 18.6 Å². The van der Waals surface area contributed by atoms with E-state index in [2.05, 4.69) is 6.07 Å². The third-order valence-electron chi connectivity index (χ3n) is 4.27. The zero-order valence-electron chi connectivity index (χ0n) is 14.1. The van der Waals surface area contributed by atoms with Gasteiger partial charge in [0, 0.05) is 18.5 Å². The number of hydrogen-bond donors (Lipinski definition) is 0. The Bertz CT molecular complexity index is 712. The lowest BCUT2D eigenvalue weighted by atomic mass is 10.1. The molecule has 0 N–H and O–H groups in total. The van der Waals surface area contributed by atoms with Gasteiger partial charge in [0.15, 0.2) is 6.61 Å². The van der Waals surface area contributed by atoms with Gasteiger partial charge in [-0.1, -0.05) is 18.2 Å². The smallest absolute Gasteiger partial charge is 0.338 e. The van der Waals surface area contributed by atoms with Gasteiger partial charge in [0.25, 0.3) is 5.91 Å². The molecule has 0 radical (unpaired) electrons. The van der Waals surface area contributed by atoms with Gasteiger partial charge in [0.2, 0.25) is 0 Å². The highest BCUT2D eigenvalue weighted by Gasteiger charge is 2.31. The van der Waals surface area contributed by atoms with Crippen molar-refractivity contribution in [1.29, 1.82) is 0 Å². The molecule has 25 heavy (non-hydrogen) atoms. The van der Waals surface area contributed by atoms with Crippen LogP contribution in [0.2, 0.25) is 0 Å². The van der Waals surface area contributed by atoms with Gasteiger partial charge in [-0.25, -0.2) is 4.79 Å². The first-order valence-corrected chi connectivity index (χ1v) is 9.15. The molecule has 0 bridgehead atoms. The molecule has 1 unspecified atom stereocenters. The van der Waals surface area contributed by atoms with Crippen molar-refractivity contribution < 1.29 is 19.1 Å². The Balaban J connectivity index is 1.55. The number of carbonyl (C=O) groups excluding carboxylic acids is 2. The number of rotatable bonds is 6. The van der Waals surface area contributed by atoms with Gasteiger partial charge in [-0.3, -0.25) is 4.79 Å². The summed E-state index contributed by atoms with van der Waals surface area (Å²) >= 11 is 1.66. The van der Waals surface area contributed by atoms with Gasteiger partial charge >= 0.3 is 5.97 Å². The van der Waals surface area contributed by atoms with Crippen molar-refractivity contribution in [2.75, 3.05) is 20.3 Å². The van der Waals surface area contributed by atoms with E-state index in [9.17, 15) is 9.59 Å². The SMILES string of the molecule is COCc1ccc(C(=O)OCC(=O)N2CCCC2c2cccs2)cc1. The number of amides is 1. The largest absolute Gasteiger partial charge is 0.452 e. The summed E-state index contributed by atoms with van der Waals surface area (Å²) in [5, 5.41) is 2.02. The molecule has 0 spiro atoms. The number of benzene rings is 1. The number of thiophene rings is 1. The van der Waals surface area contributed by atoms with Crippen LogP contribution in [0, 0.1) is 0 Å². The molecular weight excluding hydrogens is 338 g/mol. The van der Waals surface area contributed by atoms with Crippen LogP contribution in [-0.4, -0.2) is 37.0 Å². The molecule has 1 aliphatic rings. The van der Waals surface area contributed by atoms with Crippen LogP contribution in [0.1, 0.15) is 39.7 Å². The zero-order chi connectivity index (χ0) is 17.6. The molecule has 1 saturated heterocycles. The summed E-state index contributed by atoms with van der Waals surface area (Å²) in [6, 6.07) is 11.2. The molecular formula is C19H21NO4S. The molecule has 2 aromatic rings. The van der Waals surface area contributed by atoms with Crippen LogP contribution in [0.15, 0.2) is 41.8 Å². The number of esters is 1. The lowest BCUT2D eigenvalue weighted by molar-refractivity contribution is -0.135. The van der Waals surface area contributed by atoms with E-state index in [1.165, 1.54) is 4.88 Å². The number of ether oxygens (including phenoxy) is 2. The number of nitrogens with zero attached hydrogens (tertiary/aromatic N) is 1. The Morgan fingerprint density at radius 2 is 2.04 bits per heavy atom. The standard InChI is InChI=1S/C19H21NO4S/c1-23-12-14-6-8-15(9-7-14)19(22)24-13-18(21)20-10-2-4-16(20)17-5-3-11-25-17/h3,5-9,11,16H,2,4,10,12-13H2,1H3. The highest BCUT2D eigenvalue weighted by molar-refractivity contribution is 7.10. The van der Waals surface area contributed by atoms with Crippen LogP contribution < -0.4 is 0 Å². The second-order valence-electron chi connectivity index (χ2n) is 5.97. The zero-order valence-corrected chi connectivity index (χ0v) is 15.0. The first-order chi connectivity index (χ1) is 12.2. The molecule has 1 aromatic carbocycles. The first-order valence-electron chi connectivity index (χ1n) is 8.27. The summed E-state index contributed by atoms with van der Waals surface area (Å²) in [4.78, 5) is 27.6. The molecule has 3 rings (SSSR count). The summed E-state index contributed by atoms with van der Waals surface area (Å²) in [5.74, 6) is -0.621. The number of likely N-dealkylation sites (tertiary alicyclic amines) is 1. The maximum Gasteiger partial charge on any atom is 0.338 e. The number of carbonyl (C=O) groups is 2. The van der Waals surface area contributed by atoms with Crippen LogP contribution in [0.25, 0.3) is 0 Å². The van der Waals surface area contributed by atoms with Crippen molar-refractivity contribution in [3.05, 3.63) is 57.8 Å². The topological polar surface area (TPSA) is 55.8 Å². The Kier molecular flexibility index (Phi) is 5.83. The molecule has 132 valence electrons. The average molecular weight is 359 g/mol. The van der Waals surface area contributed by atoms with E-state index in [1.54, 1.807) is 30.6 Å². The normalized spacial score (nSPS) is 16.8. The maximum absolute atomic E-state index is 12.5. The minimum absolute atomic E-state index is 0.111. The molecule has 1 atom stereocenters. The fraction of sp³-hybridized carbons (Fsp3) is 0.368. The van der Waals surface area contributed by atoms with Crippen molar-refractivity contribution in [1.82, 2.24) is 4.90 Å². The van der Waals surface area contributed by atoms with Crippen LogP contribution in [0.5, 0.6) is 0 Å². The molecule has 6 heteroatoms. The average Bonchev–Trinajstić information content (AvgIpc) is 3.31. The fourth-order valence-corrected chi connectivity index (χ4v) is 3.91. The Labute approximate surface area is 151 Å². The maximum atomic E-state index is 12.5. The lowest BCUT2D eigenvalue weighted by Crippen LogP contribution is -2.34. The van der Waals surface area contributed by atoms with Crippen molar-refractivity contribution in [3.8, 4) is 0 Å². The molecule has 1 fully saturated rings. The predicted molar refractivity (Wildman–Crippen MR) is 95.4 cm³/mol. The number of hydrogen-bond acceptors (Lipinski definition) is 5. The van der Waals surface area contributed by atoms with Crippen molar-refractivity contribution in [2.45, 2.75) is 25.5 Å².